The molecule has 0 radical (unpaired) electrons. The van der Waals surface area contributed by atoms with Crippen molar-refractivity contribution in [2.75, 3.05) is 0 Å². The van der Waals surface area contributed by atoms with Crippen LogP contribution in [0.25, 0.3) is 11.3 Å². The molecule has 19 heavy (non-hydrogen) atoms. The largest absolute Gasteiger partial charge is 0.573 e. The molecule has 0 bridgehead atoms. The third-order valence-corrected chi connectivity index (χ3v) is 2.70. The molecule has 0 aliphatic carbocycles. The van der Waals surface area contributed by atoms with E-state index in [-0.39, 0.29) is 10.9 Å². The van der Waals surface area contributed by atoms with Crippen LogP contribution >= 0.6 is 23.2 Å². The van der Waals surface area contributed by atoms with Gasteiger partial charge in [0, 0.05) is 11.6 Å². The van der Waals surface area contributed by atoms with Crippen molar-refractivity contribution in [2.45, 2.75) is 12.2 Å². The molecule has 0 unspecified atom stereocenters. The van der Waals surface area contributed by atoms with E-state index in [4.69, 9.17) is 27.7 Å². The van der Waals surface area contributed by atoms with Crippen molar-refractivity contribution >= 4 is 23.2 Å². The molecule has 1 aromatic carbocycles. The van der Waals surface area contributed by atoms with E-state index in [1.54, 1.807) is 6.07 Å². The number of alkyl halides is 4. The summed E-state index contributed by atoms with van der Waals surface area (Å²) in [5.74, 6) is 0.123. The molecule has 0 saturated carbocycles. The standard InChI is InChI=1S/C11H6Cl2F3NO2/c12-5-7-4-9(17-19-7)6-1-2-10(8(13)3-6)18-11(14,15)16/h1-4H,5H2. The van der Waals surface area contributed by atoms with Crippen LogP contribution in [-0.4, -0.2) is 11.5 Å². The molecule has 0 aliphatic rings. The van der Waals surface area contributed by atoms with Gasteiger partial charge in [-0.25, -0.2) is 0 Å². The van der Waals surface area contributed by atoms with Crippen molar-refractivity contribution in [1.29, 1.82) is 0 Å². The van der Waals surface area contributed by atoms with Gasteiger partial charge in [0.2, 0.25) is 0 Å². The molecule has 8 heteroatoms. The number of benzene rings is 1. The molecular formula is C11H6Cl2F3NO2. The Kier molecular flexibility index (Phi) is 3.91. The zero-order valence-electron chi connectivity index (χ0n) is 9.17. The maximum Gasteiger partial charge on any atom is 0.573 e. The van der Waals surface area contributed by atoms with E-state index in [2.05, 4.69) is 9.89 Å². The lowest BCUT2D eigenvalue weighted by molar-refractivity contribution is -0.274. The first-order valence-electron chi connectivity index (χ1n) is 4.96. The fourth-order valence-corrected chi connectivity index (χ4v) is 1.72. The van der Waals surface area contributed by atoms with E-state index < -0.39 is 12.1 Å². The van der Waals surface area contributed by atoms with Crippen molar-refractivity contribution in [3.05, 3.63) is 35.0 Å². The maximum atomic E-state index is 12.1. The molecule has 0 aliphatic heterocycles. The summed E-state index contributed by atoms with van der Waals surface area (Å²) in [5.41, 5.74) is 0.927. The third-order valence-electron chi connectivity index (χ3n) is 2.14. The molecule has 0 saturated heterocycles. The summed E-state index contributed by atoms with van der Waals surface area (Å²) >= 11 is 11.3. The molecule has 0 fully saturated rings. The highest BCUT2D eigenvalue weighted by atomic mass is 35.5. The van der Waals surface area contributed by atoms with Gasteiger partial charge in [0.25, 0.3) is 0 Å². The van der Waals surface area contributed by atoms with Gasteiger partial charge in [-0.2, -0.15) is 0 Å². The minimum absolute atomic E-state index is 0.149. The normalized spacial score (nSPS) is 11.6. The van der Waals surface area contributed by atoms with Gasteiger partial charge >= 0.3 is 6.36 Å². The average Bonchev–Trinajstić information content (AvgIpc) is 2.79. The minimum Gasteiger partial charge on any atom is -0.404 e. The number of aromatic nitrogens is 1. The predicted molar refractivity (Wildman–Crippen MR) is 63.2 cm³/mol. The van der Waals surface area contributed by atoms with Crippen LogP contribution in [0.5, 0.6) is 5.75 Å². The monoisotopic (exact) mass is 311 g/mol. The quantitative estimate of drug-likeness (QED) is 0.775. The van der Waals surface area contributed by atoms with Crippen molar-refractivity contribution in [1.82, 2.24) is 5.16 Å². The first-order valence-corrected chi connectivity index (χ1v) is 5.87. The van der Waals surface area contributed by atoms with Crippen LogP contribution in [0.4, 0.5) is 13.2 Å². The van der Waals surface area contributed by atoms with Crippen LogP contribution in [-0.2, 0) is 5.88 Å². The number of halogens is 5. The van der Waals surface area contributed by atoms with Gasteiger partial charge < -0.3 is 9.26 Å². The summed E-state index contributed by atoms with van der Waals surface area (Å²) in [7, 11) is 0. The van der Waals surface area contributed by atoms with E-state index in [1.807, 2.05) is 0 Å². The van der Waals surface area contributed by atoms with Gasteiger partial charge in [-0.05, 0) is 18.2 Å². The zero-order chi connectivity index (χ0) is 14.0. The number of rotatable bonds is 3. The third kappa shape index (κ3) is 3.54. The Morgan fingerprint density at radius 1 is 1.26 bits per heavy atom. The summed E-state index contributed by atoms with van der Waals surface area (Å²) in [4.78, 5) is 0. The van der Waals surface area contributed by atoms with Gasteiger partial charge in [0.1, 0.15) is 11.4 Å². The van der Waals surface area contributed by atoms with Crippen LogP contribution in [0.1, 0.15) is 5.76 Å². The van der Waals surface area contributed by atoms with Gasteiger partial charge in [0.15, 0.2) is 5.76 Å². The molecule has 0 amide bonds. The summed E-state index contributed by atoms with van der Waals surface area (Å²) in [6.45, 7) is 0. The van der Waals surface area contributed by atoms with Crippen molar-refractivity contribution in [2.24, 2.45) is 0 Å². The Morgan fingerprint density at radius 2 is 2.00 bits per heavy atom. The lowest BCUT2D eigenvalue weighted by atomic mass is 10.1. The molecule has 1 heterocycles. The van der Waals surface area contributed by atoms with Crippen LogP contribution < -0.4 is 4.74 Å². The van der Waals surface area contributed by atoms with Crippen molar-refractivity contribution < 1.29 is 22.4 Å². The van der Waals surface area contributed by atoms with Crippen LogP contribution in [0, 0.1) is 0 Å². The molecule has 3 nitrogen and oxygen atoms in total. The van der Waals surface area contributed by atoms with E-state index in [0.717, 1.165) is 6.07 Å². The van der Waals surface area contributed by atoms with Gasteiger partial charge in [-0.1, -0.05) is 16.8 Å². The highest BCUT2D eigenvalue weighted by Gasteiger charge is 2.32. The maximum absolute atomic E-state index is 12.1. The van der Waals surface area contributed by atoms with E-state index >= 15 is 0 Å². The SMILES string of the molecule is FC(F)(F)Oc1ccc(-c2cc(CCl)on2)cc1Cl. The molecule has 2 rings (SSSR count). The van der Waals surface area contributed by atoms with Gasteiger partial charge in [0.05, 0.1) is 10.9 Å². The summed E-state index contributed by atoms with van der Waals surface area (Å²) in [6.07, 6.45) is -4.79. The average molecular weight is 312 g/mol. The summed E-state index contributed by atoms with van der Waals surface area (Å²) in [6, 6.07) is 5.38. The fourth-order valence-electron chi connectivity index (χ4n) is 1.38. The number of hydrogen-bond donors (Lipinski definition) is 0. The Morgan fingerprint density at radius 3 is 2.53 bits per heavy atom. The zero-order valence-corrected chi connectivity index (χ0v) is 10.7. The second-order valence-electron chi connectivity index (χ2n) is 3.51. The number of nitrogens with zero attached hydrogens (tertiary/aromatic N) is 1. The Balaban J connectivity index is 2.28. The fraction of sp³-hybridized carbons (Fsp3) is 0.182. The van der Waals surface area contributed by atoms with Crippen LogP contribution in [0.2, 0.25) is 5.02 Å². The lowest BCUT2D eigenvalue weighted by Crippen LogP contribution is -2.17. The topological polar surface area (TPSA) is 35.3 Å². The molecule has 102 valence electrons. The molecule has 0 atom stereocenters. The highest BCUT2D eigenvalue weighted by Crippen LogP contribution is 2.33. The summed E-state index contributed by atoms with van der Waals surface area (Å²) in [5, 5.41) is 3.55. The smallest absolute Gasteiger partial charge is 0.404 e. The second kappa shape index (κ2) is 5.30. The lowest BCUT2D eigenvalue weighted by Gasteiger charge is -2.10. The molecular weight excluding hydrogens is 306 g/mol. The van der Waals surface area contributed by atoms with E-state index in [9.17, 15) is 13.2 Å². The van der Waals surface area contributed by atoms with Crippen LogP contribution in [0.15, 0.2) is 28.8 Å². The van der Waals surface area contributed by atoms with Crippen molar-refractivity contribution in [3.8, 4) is 17.0 Å². The molecule has 0 N–H and O–H groups in total. The van der Waals surface area contributed by atoms with E-state index in [1.165, 1.54) is 12.1 Å². The minimum atomic E-state index is -4.79. The second-order valence-corrected chi connectivity index (χ2v) is 4.18. The molecule has 0 spiro atoms. The first kappa shape index (κ1) is 14.0. The summed E-state index contributed by atoms with van der Waals surface area (Å²) < 4.78 is 44.8. The first-order chi connectivity index (χ1) is 8.89. The van der Waals surface area contributed by atoms with Crippen molar-refractivity contribution in [3.63, 3.8) is 0 Å². The Bertz CT molecular complexity index is 584. The number of hydrogen-bond acceptors (Lipinski definition) is 3. The predicted octanol–water partition coefficient (Wildman–Crippen LogP) is 4.63. The Labute approximate surface area is 115 Å². The van der Waals surface area contributed by atoms with Gasteiger partial charge in [-0.15, -0.1) is 24.8 Å². The van der Waals surface area contributed by atoms with Gasteiger partial charge in [-0.3, -0.25) is 0 Å². The molecule has 2 aromatic rings. The number of ether oxygens (including phenoxy) is 1. The highest BCUT2D eigenvalue weighted by molar-refractivity contribution is 6.32. The van der Waals surface area contributed by atoms with E-state index in [0.29, 0.717) is 17.0 Å². The Hall–Kier alpha value is -1.40. The molecule has 1 aromatic heterocycles. The van der Waals surface area contributed by atoms with Crippen LogP contribution in [0.3, 0.4) is 0 Å².